The fraction of sp³-hybridized carbons (Fsp3) is 0.421. The first-order valence-electron chi connectivity index (χ1n) is 9.73. The predicted octanol–water partition coefficient (Wildman–Crippen LogP) is 2.97. The third-order valence-corrected chi connectivity index (χ3v) is 6.31. The fourth-order valence-corrected chi connectivity index (χ4v) is 4.83. The average Bonchev–Trinajstić information content (AvgIpc) is 3.51. The van der Waals surface area contributed by atoms with Crippen LogP contribution in [0.25, 0.3) is 0 Å². The molecular formula is C19H20ClN7O2. The molecule has 0 atom stereocenters. The number of benzene rings is 1. The minimum absolute atomic E-state index is 0.388. The molecule has 1 aromatic heterocycles. The number of para-hydroxylation sites is 1. The minimum atomic E-state index is -0.453. The molecule has 0 amide bonds. The van der Waals surface area contributed by atoms with Crippen molar-refractivity contribution in [2.75, 3.05) is 30.4 Å². The van der Waals surface area contributed by atoms with Crippen molar-refractivity contribution in [1.82, 2.24) is 19.6 Å². The lowest BCUT2D eigenvalue weighted by Gasteiger charge is -2.38. The SMILES string of the molecule is COC1(c2noc(N3CN=C4c5ccccc5N5CN(Cl)C=C5N43)n2)CCCC1. The molecule has 2 aromatic rings. The summed E-state index contributed by atoms with van der Waals surface area (Å²) in [6, 6.07) is 8.58. The molecule has 1 fully saturated rings. The molecule has 0 N–H and O–H groups in total. The van der Waals surface area contributed by atoms with E-state index in [2.05, 4.69) is 22.2 Å². The van der Waals surface area contributed by atoms with Crippen molar-refractivity contribution in [3.05, 3.63) is 47.7 Å². The number of hydrazine groups is 1. The Balaban J connectivity index is 1.40. The van der Waals surface area contributed by atoms with Gasteiger partial charge in [0.25, 0.3) is 0 Å². The number of hydrogen-bond acceptors (Lipinski definition) is 9. The molecule has 150 valence electrons. The van der Waals surface area contributed by atoms with Crippen LogP contribution in [0.5, 0.6) is 0 Å². The van der Waals surface area contributed by atoms with Crippen LogP contribution in [0.1, 0.15) is 37.1 Å². The van der Waals surface area contributed by atoms with Gasteiger partial charge >= 0.3 is 6.01 Å². The van der Waals surface area contributed by atoms with Crippen molar-refractivity contribution in [2.24, 2.45) is 4.99 Å². The van der Waals surface area contributed by atoms with Crippen LogP contribution in [-0.2, 0) is 10.3 Å². The van der Waals surface area contributed by atoms with E-state index in [-0.39, 0.29) is 0 Å². The fourth-order valence-electron chi connectivity index (χ4n) is 4.64. The summed E-state index contributed by atoms with van der Waals surface area (Å²) in [6.07, 6.45) is 5.90. The number of rotatable bonds is 3. The molecular weight excluding hydrogens is 394 g/mol. The third kappa shape index (κ3) is 2.34. The average molecular weight is 414 g/mol. The summed E-state index contributed by atoms with van der Waals surface area (Å²) in [4.78, 5) is 11.6. The highest BCUT2D eigenvalue weighted by molar-refractivity contribution is 6.15. The molecule has 0 unspecified atom stereocenters. The molecule has 1 aromatic carbocycles. The van der Waals surface area contributed by atoms with E-state index in [9.17, 15) is 0 Å². The van der Waals surface area contributed by atoms with Crippen molar-refractivity contribution in [3.63, 3.8) is 0 Å². The van der Waals surface area contributed by atoms with Crippen LogP contribution in [-0.4, -0.2) is 45.9 Å². The lowest BCUT2D eigenvalue weighted by molar-refractivity contribution is -0.0178. The van der Waals surface area contributed by atoms with Gasteiger partial charge in [0.15, 0.2) is 11.7 Å². The van der Waals surface area contributed by atoms with Crippen LogP contribution in [0.4, 0.5) is 11.7 Å². The van der Waals surface area contributed by atoms with Crippen LogP contribution < -0.4 is 9.91 Å². The van der Waals surface area contributed by atoms with Gasteiger partial charge in [-0.25, -0.2) is 15.0 Å². The Bertz CT molecular complexity index is 1030. The molecule has 9 nitrogen and oxygen atoms in total. The normalized spacial score (nSPS) is 21.9. The maximum absolute atomic E-state index is 6.33. The Morgan fingerprint density at radius 2 is 2.03 bits per heavy atom. The van der Waals surface area contributed by atoms with Gasteiger partial charge in [-0.15, -0.1) is 0 Å². The van der Waals surface area contributed by atoms with E-state index in [1.54, 1.807) is 11.5 Å². The third-order valence-electron chi connectivity index (χ3n) is 6.10. The van der Waals surface area contributed by atoms with Crippen LogP contribution >= 0.6 is 11.8 Å². The summed E-state index contributed by atoms with van der Waals surface area (Å²) in [6.45, 7) is 0.937. The van der Waals surface area contributed by atoms with Crippen LogP contribution in [0.3, 0.4) is 0 Å². The first kappa shape index (κ1) is 17.1. The highest BCUT2D eigenvalue weighted by Crippen LogP contribution is 2.43. The number of aromatic nitrogens is 2. The van der Waals surface area contributed by atoms with Crippen LogP contribution in [0.15, 0.2) is 45.8 Å². The van der Waals surface area contributed by atoms with Crippen molar-refractivity contribution in [3.8, 4) is 0 Å². The molecule has 0 bridgehead atoms. The zero-order chi connectivity index (χ0) is 19.6. The summed E-state index contributed by atoms with van der Waals surface area (Å²) in [7, 11) is 1.72. The standard InChI is InChI=1S/C19H20ClN7O2/c1-28-19(8-4-5-9-19)17-22-18(29-23-17)26-11-21-16-13-6-2-3-7-14(13)25-12-24(20)10-15(25)27(16)26/h2-3,6-7,10H,4-5,8-9,11-12H2,1H3. The number of fused-ring (bicyclic) bond motifs is 6. The molecule has 29 heavy (non-hydrogen) atoms. The van der Waals surface area contributed by atoms with Gasteiger partial charge in [0.2, 0.25) is 5.82 Å². The second kappa shape index (κ2) is 6.11. The Labute approximate surface area is 172 Å². The van der Waals surface area contributed by atoms with Gasteiger partial charge in [0.1, 0.15) is 18.9 Å². The van der Waals surface area contributed by atoms with Gasteiger partial charge < -0.3 is 14.2 Å². The van der Waals surface area contributed by atoms with E-state index in [4.69, 9.17) is 31.0 Å². The molecule has 0 saturated heterocycles. The Morgan fingerprint density at radius 3 is 2.86 bits per heavy atom. The first-order chi connectivity index (χ1) is 14.2. The molecule has 4 aliphatic rings. The summed E-state index contributed by atoms with van der Waals surface area (Å²) in [5, 5.41) is 8.15. The van der Waals surface area contributed by atoms with E-state index in [0.717, 1.165) is 48.6 Å². The second-order valence-corrected chi connectivity index (χ2v) is 8.05. The number of halogens is 1. The molecule has 4 heterocycles. The lowest BCUT2D eigenvalue weighted by atomic mass is 10.0. The van der Waals surface area contributed by atoms with Crippen LogP contribution in [0, 0.1) is 0 Å². The second-order valence-electron chi connectivity index (χ2n) is 7.61. The highest BCUT2D eigenvalue weighted by Gasteiger charge is 2.45. The topological polar surface area (TPSA) is 73.5 Å². The van der Waals surface area contributed by atoms with E-state index >= 15 is 0 Å². The number of amidine groups is 1. The van der Waals surface area contributed by atoms with Gasteiger partial charge in [-0.3, -0.25) is 4.42 Å². The van der Waals surface area contributed by atoms with E-state index in [1.807, 2.05) is 28.4 Å². The molecule has 0 radical (unpaired) electrons. The first-order valence-corrected chi connectivity index (χ1v) is 10.1. The zero-order valence-corrected chi connectivity index (χ0v) is 16.7. The zero-order valence-electron chi connectivity index (χ0n) is 16.0. The maximum Gasteiger partial charge on any atom is 0.345 e. The van der Waals surface area contributed by atoms with Crippen molar-refractivity contribution >= 4 is 29.3 Å². The Morgan fingerprint density at radius 1 is 1.21 bits per heavy atom. The smallest absolute Gasteiger partial charge is 0.345 e. The molecule has 3 aliphatic heterocycles. The monoisotopic (exact) mass is 413 g/mol. The van der Waals surface area contributed by atoms with Crippen molar-refractivity contribution < 1.29 is 9.26 Å². The Hall–Kier alpha value is -2.78. The molecule has 1 aliphatic carbocycles. The molecule has 6 rings (SSSR count). The summed E-state index contributed by atoms with van der Waals surface area (Å²) >= 11 is 6.33. The van der Waals surface area contributed by atoms with Gasteiger partial charge in [-0.2, -0.15) is 4.98 Å². The number of aliphatic imine (C=N–C) groups is 1. The highest BCUT2D eigenvalue weighted by atomic mass is 35.5. The van der Waals surface area contributed by atoms with Gasteiger partial charge in [0, 0.05) is 24.4 Å². The Kier molecular flexibility index (Phi) is 3.60. The van der Waals surface area contributed by atoms with Crippen molar-refractivity contribution in [2.45, 2.75) is 31.3 Å². The predicted molar refractivity (Wildman–Crippen MR) is 107 cm³/mol. The summed E-state index contributed by atoms with van der Waals surface area (Å²) in [5.41, 5.74) is 1.67. The number of ether oxygens (including phenoxy) is 1. The number of methoxy groups -OCH3 is 1. The van der Waals surface area contributed by atoms with Gasteiger partial charge in [0.05, 0.1) is 11.9 Å². The van der Waals surface area contributed by atoms with E-state index < -0.39 is 5.60 Å². The largest absolute Gasteiger partial charge is 0.370 e. The van der Waals surface area contributed by atoms with Crippen molar-refractivity contribution in [1.29, 1.82) is 0 Å². The number of anilines is 2. The number of nitrogens with zero attached hydrogens (tertiary/aromatic N) is 7. The van der Waals surface area contributed by atoms with E-state index in [1.165, 1.54) is 0 Å². The molecule has 0 spiro atoms. The lowest BCUT2D eigenvalue weighted by Crippen LogP contribution is -2.49. The van der Waals surface area contributed by atoms with Gasteiger partial charge in [-0.1, -0.05) is 17.3 Å². The van der Waals surface area contributed by atoms with E-state index in [0.29, 0.717) is 25.2 Å². The van der Waals surface area contributed by atoms with Gasteiger partial charge in [-0.05, 0) is 37.8 Å². The van der Waals surface area contributed by atoms with Crippen LogP contribution in [0.2, 0.25) is 0 Å². The molecule has 1 saturated carbocycles. The maximum atomic E-state index is 6.33. The summed E-state index contributed by atoms with van der Waals surface area (Å²) < 4.78 is 13.1. The summed E-state index contributed by atoms with van der Waals surface area (Å²) in [5.74, 6) is 2.35. The minimum Gasteiger partial charge on any atom is -0.370 e. The molecule has 10 heteroatoms. The quantitative estimate of drug-likeness (QED) is 0.711. The number of hydrogen-bond donors (Lipinski definition) is 0.